The molecule has 0 radical (unpaired) electrons. The van der Waals surface area contributed by atoms with Crippen molar-refractivity contribution >= 4 is 11.6 Å². The van der Waals surface area contributed by atoms with Gasteiger partial charge in [-0.2, -0.15) is 5.26 Å². The van der Waals surface area contributed by atoms with Crippen LogP contribution < -0.4 is 0 Å². The predicted molar refractivity (Wildman–Crippen MR) is 121 cm³/mol. The lowest BCUT2D eigenvalue weighted by molar-refractivity contribution is 0.579. The highest BCUT2D eigenvalue weighted by atomic mass is 35.5. The smallest absolute Gasteiger partial charge is 0.134 e. The van der Waals surface area contributed by atoms with Crippen LogP contribution in [-0.2, 0) is 0 Å². The Morgan fingerprint density at radius 2 is 1.03 bits per heavy atom. The first kappa shape index (κ1) is 22.6. The number of rotatable bonds is 4. The topological polar surface area (TPSA) is 23.8 Å². The van der Waals surface area contributed by atoms with Crippen molar-refractivity contribution in [2.24, 2.45) is 0 Å². The largest absolute Gasteiger partial charge is 0.206 e. The Balaban J connectivity index is 1.70. The number of hydrogen-bond acceptors (Lipinski definition) is 1. The van der Waals surface area contributed by atoms with Crippen LogP contribution in [0.1, 0.15) is 29.5 Å². The van der Waals surface area contributed by atoms with Gasteiger partial charge in [0.15, 0.2) is 0 Å². The number of nitriles is 1. The highest BCUT2D eigenvalue weighted by Gasteiger charge is 2.20. The Bertz CT molecular complexity index is 1330. The molecule has 164 valence electrons. The number of hydrogen-bond donors (Lipinski definition) is 0. The molecule has 1 unspecified atom stereocenters. The van der Waals surface area contributed by atoms with Gasteiger partial charge in [0.1, 0.15) is 23.3 Å². The van der Waals surface area contributed by atoms with Gasteiger partial charge in [-0.05, 0) is 70.8 Å². The summed E-state index contributed by atoms with van der Waals surface area (Å²) in [5.41, 5.74) is 1.04. The molecule has 0 fully saturated rings. The summed E-state index contributed by atoms with van der Waals surface area (Å²) in [7, 11) is 0. The van der Waals surface area contributed by atoms with Crippen LogP contribution in [0, 0.1) is 34.6 Å². The SMILES string of the molecule is CC(c1cc(F)c(-c2ccc(Cl)cc2)c(F)c1)c1cc(F)c(-c2ccc(C#N)cc2)c(F)c1. The fourth-order valence-corrected chi connectivity index (χ4v) is 3.88. The average Bonchev–Trinajstić information content (AvgIpc) is 2.79. The molecule has 0 N–H and O–H groups in total. The Kier molecular flexibility index (Phi) is 6.22. The third kappa shape index (κ3) is 4.48. The summed E-state index contributed by atoms with van der Waals surface area (Å²) in [6.45, 7) is 1.62. The van der Waals surface area contributed by atoms with Gasteiger partial charge in [-0.15, -0.1) is 0 Å². The van der Waals surface area contributed by atoms with Crippen molar-refractivity contribution in [3.8, 4) is 28.3 Å². The second-order valence-electron chi connectivity index (χ2n) is 7.64. The van der Waals surface area contributed by atoms with Gasteiger partial charge in [0, 0.05) is 10.9 Å². The van der Waals surface area contributed by atoms with Gasteiger partial charge in [-0.25, -0.2) is 17.6 Å². The normalized spacial score (nSPS) is 11.8. The lowest BCUT2D eigenvalue weighted by Crippen LogP contribution is -2.03. The Hall–Kier alpha value is -3.62. The molecule has 0 aliphatic heterocycles. The van der Waals surface area contributed by atoms with Crippen LogP contribution in [0.2, 0.25) is 5.02 Å². The van der Waals surface area contributed by atoms with Gasteiger partial charge in [-0.3, -0.25) is 0 Å². The van der Waals surface area contributed by atoms with Crippen molar-refractivity contribution in [1.82, 2.24) is 0 Å². The van der Waals surface area contributed by atoms with Crippen molar-refractivity contribution < 1.29 is 17.6 Å². The van der Waals surface area contributed by atoms with E-state index in [1.165, 1.54) is 60.7 Å². The molecule has 1 nitrogen and oxygen atoms in total. The van der Waals surface area contributed by atoms with Crippen molar-refractivity contribution in [3.05, 3.63) is 118 Å². The molecule has 0 aliphatic rings. The standard InChI is InChI=1S/C27H16ClF4N/c1-15(20-12-24(31)27(25(32)13-20)18-6-8-21(28)9-7-18)19-10-22(29)26(23(30)11-19)17-4-2-16(14-33)3-5-17/h2-13,15H,1H3. The first-order valence-electron chi connectivity index (χ1n) is 10.0. The molecule has 0 amide bonds. The van der Waals surface area contributed by atoms with Gasteiger partial charge >= 0.3 is 0 Å². The molecule has 4 aromatic carbocycles. The molecule has 0 aliphatic carbocycles. The van der Waals surface area contributed by atoms with Gasteiger partial charge < -0.3 is 0 Å². The minimum absolute atomic E-state index is 0.198. The molecule has 4 rings (SSSR count). The van der Waals surface area contributed by atoms with Crippen LogP contribution in [0.3, 0.4) is 0 Å². The fraction of sp³-hybridized carbons (Fsp3) is 0.0741. The second-order valence-corrected chi connectivity index (χ2v) is 8.07. The maximum Gasteiger partial charge on any atom is 0.134 e. The van der Waals surface area contributed by atoms with E-state index in [1.807, 2.05) is 6.07 Å². The first-order chi connectivity index (χ1) is 15.8. The monoisotopic (exact) mass is 465 g/mol. The van der Waals surface area contributed by atoms with Crippen LogP contribution in [0.25, 0.3) is 22.3 Å². The lowest BCUT2D eigenvalue weighted by atomic mass is 9.89. The van der Waals surface area contributed by atoms with Gasteiger partial charge in [0.2, 0.25) is 0 Å². The zero-order valence-corrected chi connectivity index (χ0v) is 18.1. The van der Waals surface area contributed by atoms with E-state index < -0.39 is 29.2 Å². The highest BCUT2D eigenvalue weighted by molar-refractivity contribution is 6.30. The summed E-state index contributed by atoms with van der Waals surface area (Å²) in [6.07, 6.45) is 0. The van der Waals surface area contributed by atoms with Crippen LogP contribution >= 0.6 is 11.6 Å². The maximum absolute atomic E-state index is 14.9. The van der Waals surface area contributed by atoms with Gasteiger partial charge in [-0.1, -0.05) is 42.8 Å². The molecule has 0 aromatic heterocycles. The Labute approximate surface area is 193 Å². The summed E-state index contributed by atoms with van der Waals surface area (Å²) >= 11 is 5.84. The van der Waals surface area contributed by atoms with Crippen molar-refractivity contribution in [2.45, 2.75) is 12.8 Å². The van der Waals surface area contributed by atoms with Crippen LogP contribution in [0.5, 0.6) is 0 Å². The Morgan fingerprint density at radius 3 is 1.39 bits per heavy atom. The van der Waals surface area contributed by atoms with E-state index in [9.17, 15) is 17.6 Å². The number of halogens is 5. The van der Waals surface area contributed by atoms with E-state index in [2.05, 4.69) is 0 Å². The van der Waals surface area contributed by atoms with Crippen molar-refractivity contribution in [3.63, 3.8) is 0 Å². The maximum atomic E-state index is 14.9. The minimum atomic E-state index is -0.805. The molecule has 0 heterocycles. The molecular formula is C27H16ClF4N. The van der Waals surface area contributed by atoms with E-state index in [4.69, 9.17) is 16.9 Å². The summed E-state index contributed by atoms with van der Waals surface area (Å²) < 4.78 is 59.4. The summed E-state index contributed by atoms with van der Waals surface area (Å²) in [5, 5.41) is 9.33. The summed E-state index contributed by atoms with van der Waals surface area (Å²) in [4.78, 5) is 0. The van der Waals surface area contributed by atoms with E-state index in [0.717, 1.165) is 12.1 Å². The zero-order chi connectivity index (χ0) is 23.7. The molecular weight excluding hydrogens is 450 g/mol. The second kappa shape index (κ2) is 9.09. The molecule has 4 aromatic rings. The fourth-order valence-electron chi connectivity index (χ4n) is 3.76. The van der Waals surface area contributed by atoms with Gasteiger partial charge in [0.25, 0.3) is 0 Å². The molecule has 0 saturated carbocycles. The van der Waals surface area contributed by atoms with Crippen molar-refractivity contribution in [2.75, 3.05) is 0 Å². The predicted octanol–water partition coefficient (Wildman–Crippen LogP) is 8.25. The van der Waals surface area contributed by atoms with Gasteiger partial charge in [0.05, 0.1) is 22.8 Å². The van der Waals surface area contributed by atoms with E-state index in [-0.39, 0.29) is 27.8 Å². The molecule has 0 spiro atoms. The molecule has 33 heavy (non-hydrogen) atoms. The van der Waals surface area contributed by atoms with Crippen molar-refractivity contribution in [1.29, 1.82) is 5.26 Å². The van der Waals surface area contributed by atoms with Crippen LogP contribution in [0.4, 0.5) is 17.6 Å². The van der Waals surface area contributed by atoms with E-state index >= 15 is 0 Å². The number of nitrogens with zero attached hydrogens (tertiary/aromatic N) is 1. The minimum Gasteiger partial charge on any atom is -0.206 e. The summed E-state index contributed by atoms with van der Waals surface area (Å²) in [6, 6.07) is 18.6. The Morgan fingerprint density at radius 1 is 0.667 bits per heavy atom. The van der Waals surface area contributed by atoms with E-state index in [0.29, 0.717) is 16.1 Å². The molecule has 1 atom stereocenters. The quantitative estimate of drug-likeness (QED) is 0.278. The summed E-state index contributed by atoms with van der Waals surface area (Å²) in [5.74, 6) is -3.85. The van der Waals surface area contributed by atoms with E-state index in [1.54, 1.807) is 6.92 Å². The third-order valence-electron chi connectivity index (χ3n) is 5.56. The molecule has 0 bridgehead atoms. The van der Waals surface area contributed by atoms with Crippen LogP contribution in [-0.4, -0.2) is 0 Å². The zero-order valence-electron chi connectivity index (χ0n) is 17.3. The van der Waals surface area contributed by atoms with Crippen LogP contribution in [0.15, 0.2) is 72.8 Å². The molecule has 6 heteroatoms. The lowest BCUT2D eigenvalue weighted by Gasteiger charge is -2.17. The first-order valence-corrected chi connectivity index (χ1v) is 10.4. The molecule has 0 saturated heterocycles. The third-order valence-corrected chi connectivity index (χ3v) is 5.82. The number of benzene rings is 4. The highest BCUT2D eigenvalue weighted by Crippen LogP contribution is 2.35. The average molecular weight is 466 g/mol.